The third-order valence-electron chi connectivity index (χ3n) is 3.81. The molecule has 1 heterocycles. The highest BCUT2D eigenvalue weighted by Gasteiger charge is 2.33. The summed E-state index contributed by atoms with van der Waals surface area (Å²) in [6, 6.07) is 14.9. The lowest BCUT2D eigenvalue weighted by Crippen LogP contribution is -2.45. The first-order chi connectivity index (χ1) is 12.1. The molecule has 0 saturated carbocycles. The van der Waals surface area contributed by atoms with Crippen molar-refractivity contribution in [2.24, 2.45) is 0 Å². The molecule has 1 aliphatic rings. The minimum Gasteiger partial charge on any atom is -0.463 e. The topological polar surface area (TPSA) is 50.4 Å². The molecule has 0 saturated heterocycles. The molecule has 2 aromatic rings. The molecule has 0 radical (unpaired) electrons. The van der Waals surface area contributed by atoms with Crippen molar-refractivity contribution in [1.29, 1.82) is 0 Å². The molecule has 1 atom stereocenters. The zero-order valence-corrected chi connectivity index (χ0v) is 14.4. The van der Waals surface area contributed by atoms with Crippen LogP contribution in [0.5, 0.6) is 0 Å². The van der Waals surface area contributed by atoms with Crippen molar-refractivity contribution in [2.75, 3.05) is 6.61 Å². The molecule has 0 spiro atoms. The molecule has 128 valence electrons. The Labute approximate surface area is 150 Å². The number of hydrogen-bond donors (Lipinski definition) is 2. The highest BCUT2D eigenvalue weighted by atomic mass is 32.1. The first-order valence-corrected chi connectivity index (χ1v) is 8.30. The van der Waals surface area contributed by atoms with E-state index >= 15 is 0 Å². The average Bonchev–Trinajstić information content (AvgIpc) is 2.62. The van der Waals surface area contributed by atoms with Gasteiger partial charge in [-0.05, 0) is 42.4 Å². The van der Waals surface area contributed by atoms with E-state index in [0.29, 0.717) is 21.9 Å². The number of nitrogens with one attached hydrogen (secondary N) is 2. The van der Waals surface area contributed by atoms with Crippen molar-refractivity contribution in [2.45, 2.75) is 13.0 Å². The number of carbonyl (C=O) groups is 1. The van der Waals surface area contributed by atoms with E-state index in [2.05, 4.69) is 10.6 Å². The summed E-state index contributed by atoms with van der Waals surface area (Å²) in [5, 5.41) is 6.45. The summed E-state index contributed by atoms with van der Waals surface area (Å²) < 4.78 is 18.9. The van der Waals surface area contributed by atoms with E-state index in [1.165, 1.54) is 12.1 Å². The van der Waals surface area contributed by atoms with E-state index in [4.69, 9.17) is 17.0 Å². The van der Waals surface area contributed by atoms with E-state index in [-0.39, 0.29) is 12.4 Å². The molecular weight excluding hydrogens is 339 g/mol. The number of hydrogen-bond acceptors (Lipinski definition) is 3. The number of thiocarbonyl (C=S) groups is 1. The summed E-state index contributed by atoms with van der Waals surface area (Å²) in [5.74, 6) is -0.855. The number of carbonyl (C=O) groups excluding carboxylic acids is 1. The quantitative estimate of drug-likeness (QED) is 0.650. The summed E-state index contributed by atoms with van der Waals surface area (Å²) in [6.07, 6.45) is 0. The molecule has 0 unspecified atom stereocenters. The fourth-order valence-electron chi connectivity index (χ4n) is 2.76. The van der Waals surface area contributed by atoms with E-state index in [9.17, 15) is 9.18 Å². The van der Waals surface area contributed by atoms with Gasteiger partial charge >= 0.3 is 5.97 Å². The summed E-state index contributed by atoms with van der Waals surface area (Å²) in [5.41, 5.74) is 2.33. The van der Waals surface area contributed by atoms with Gasteiger partial charge in [-0.3, -0.25) is 0 Å². The fraction of sp³-hybridized carbons (Fsp3) is 0.158. The fourth-order valence-corrected chi connectivity index (χ4v) is 2.98. The van der Waals surface area contributed by atoms with Crippen LogP contribution in [0, 0.1) is 5.82 Å². The largest absolute Gasteiger partial charge is 0.463 e. The molecule has 0 aromatic heterocycles. The van der Waals surface area contributed by atoms with Gasteiger partial charge in [0, 0.05) is 0 Å². The highest BCUT2D eigenvalue weighted by Crippen LogP contribution is 2.32. The normalized spacial score (nSPS) is 16.9. The molecule has 25 heavy (non-hydrogen) atoms. The van der Waals surface area contributed by atoms with Gasteiger partial charge in [0.15, 0.2) is 5.11 Å². The number of esters is 1. The van der Waals surface area contributed by atoms with Crippen LogP contribution in [0.1, 0.15) is 24.1 Å². The molecule has 1 aliphatic heterocycles. The third kappa shape index (κ3) is 3.69. The minimum atomic E-state index is -0.598. The predicted molar refractivity (Wildman–Crippen MR) is 98.0 cm³/mol. The smallest absolute Gasteiger partial charge is 0.338 e. The second kappa shape index (κ2) is 7.44. The van der Waals surface area contributed by atoms with Crippen LogP contribution < -0.4 is 10.6 Å². The summed E-state index contributed by atoms with van der Waals surface area (Å²) in [7, 11) is 0. The van der Waals surface area contributed by atoms with Crippen molar-refractivity contribution in [3.05, 3.63) is 77.1 Å². The first-order valence-electron chi connectivity index (χ1n) is 7.90. The van der Waals surface area contributed by atoms with Crippen LogP contribution in [0.15, 0.2) is 60.2 Å². The van der Waals surface area contributed by atoms with Gasteiger partial charge in [0.1, 0.15) is 5.82 Å². The summed E-state index contributed by atoms with van der Waals surface area (Å²) in [6.45, 7) is 1.98. The van der Waals surface area contributed by atoms with Crippen molar-refractivity contribution in [3.63, 3.8) is 0 Å². The van der Waals surface area contributed by atoms with Gasteiger partial charge in [-0.1, -0.05) is 42.5 Å². The van der Waals surface area contributed by atoms with Crippen LogP contribution in [-0.2, 0) is 9.53 Å². The zero-order valence-electron chi connectivity index (χ0n) is 13.6. The van der Waals surface area contributed by atoms with Gasteiger partial charge in [0.2, 0.25) is 0 Å². The summed E-state index contributed by atoms with van der Waals surface area (Å²) >= 11 is 5.29. The number of halogens is 1. The zero-order chi connectivity index (χ0) is 17.8. The molecule has 2 aromatic carbocycles. The van der Waals surface area contributed by atoms with Gasteiger partial charge < -0.3 is 15.4 Å². The lowest BCUT2D eigenvalue weighted by atomic mass is 9.93. The maximum Gasteiger partial charge on any atom is 0.338 e. The van der Waals surface area contributed by atoms with Crippen LogP contribution >= 0.6 is 12.2 Å². The molecule has 0 fully saturated rings. The van der Waals surface area contributed by atoms with E-state index in [1.54, 1.807) is 19.1 Å². The van der Waals surface area contributed by atoms with Gasteiger partial charge in [0.05, 0.1) is 23.9 Å². The highest BCUT2D eigenvalue weighted by molar-refractivity contribution is 7.80. The molecule has 0 bridgehead atoms. The van der Waals surface area contributed by atoms with Crippen LogP contribution in [0.4, 0.5) is 4.39 Å². The van der Waals surface area contributed by atoms with Crippen LogP contribution in [0.25, 0.3) is 5.70 Å². The summed E-state index contributed by atoms with van der Waals surface area (Å²) in [4.78, 5) is 12.7. The van der Waals surface area contributed by atoms with Gasteiger partial charge in [-0.15, -0.1) is 0 Å². The van der Waals surface area contributed by atoms with Gasteiger partial charge in [0.25, 0.3) is 0 Å². The maximum atomic E-state index is 13.7. The number of ether oxygens (including phenoxy) is 1. The number of rotatable bonds is 4. The second-order valence-corrected chi connectivity index (χ2v) is 5.87. The van der Waals surface area contributed by atoms with Crippen molar-refractivity contribution >= 4 is 29.0 Å². The van der Waals surface area contributed by atoms with Crippen molar-refractivity contribution in [1.82, 2.24) is 10.6 Å². The van der Waals surface area contributed by atoms with Crippen LogP contribution in [0.2, 0.25) is 0 Å². The van der Waals surface area contributed by atoms with Crippen LogP contribution in [0.3, 0.4) is 0 Å². The molecule has 2 N–H and O–H groups in total. The molecular formula is C19H17FN2O2S. The molecule has 6 heteroatoms. The minimum absolute atomic E-state index is 0.241. The van der Waals surface area contributed by atoms with Gasteiger partial charge in [-0.25, -0.2) is 9.18 Å². The standard InChI is InChI=1S/C19H17FN2O2S/c1-2-24-18(23)15-16(12-7-4-3-5-8-12)21-19(25)22-17(15)13-9-6-10-14(20)11-13/h3-11,17H,2H2,1H3,(H2,21,22,25)/t17-/m0/s1. The lowest BCUT2D eigenvalue weighted by molar-refractivity contribution is -0.138. The molecule has 0 amide bonds. The Morgan fingerprint density at radius 3 is 2.64 bits per heavy atom. The average molecular weight is 356 g/mol. The Bertz CT molecular complexity index is 836. The molecule has 3 rings (SSSR count). The van der Waals surface area contributed by atoms with E-state index < -0.39 is 12.0 Å². The number of benzene rings is 2. The Morgan fingerprint density at radius 2 is 1.96 bits per heavy atom. The predicted octanol–water partition coefficient (Wildman–Crippen LogP) is 3.32. The Kier molecular flexibility index (Phi) is 5.09. The molecule has 4 nitrogen and oxygen atoms in total. The third-order valence-corrected chi connectivity index (χ3v) is 4.03. The maximum absolute atomic E-state index is 13.7. The molecule has 0 aliphatic carbocycles. The van der Waals surface area contributed by atoms with Crippen molar-refractivity contribution < 1.29 is 13.9 Å². The Hall–Kier alpha value is -2.73. The first kappa shape index (κ1) is 17.1. The Balaban J connectivity index is 2.18. The Morgan fingerprint density at radius 1 is 1.20 bits per heavy atom. The monoisotopic (exact) mass is 356 g/mol. The van der Waals surface area contributed by atoms with Crippen LogP contribution in [-0.4, -0.2) is 17.7 Å². The van der Waals surface area contributed by atoms with Crippen molar-refractivity contribution in [3.8, 4) is 0 Å². The van der Waals surface area contributed by atoms with E-state index in [1.807, 2.05) is 30.3 Å². The van der Waals surface area contributed by atoms with E-state index in [0.717, 1.165) is 5.56 Å². The van der Waals surface area contributed by atoms with Gasteiger partial charge in [-0.2, -0.15) is 0 Å². The lowest BCUT2D eigenvalue weighted by Gasteiger charge is -2.31. The SMILES string of the molecule is CCOC(=O)C1=C(c2ccccc2)NC(=S)N[C@H]1c1cccc(F)c1. The second-order valence-electron chi connectivity index (χ2n) is 5.46.